The van der Waals surface area contributed by atoms with Crippen LogP contribution in [0.3, 0.4) is 0 Å². The summed E-state index contributed by atoms with van der Waals surface area (Å²) in [6.07, 6.45) is 1.29. The van der Waals surface area contributed by atoms with Crippen molar-refractivity contribution < 1.29 is 9.50 Å². The predicted octanol–water partition coefficient (Wildman–Crippen LogP) is 1.95. The molecule has 1 saturated heterocycles. The van der Waals surface area contributed by atoms with E-state index in [1.165, 1.54) is 0 Å². The van der Waals surface area contributed by atoms with Crippen molar-refractivity contribution in [3.8, 4) is 0 Å². The van der Waals surface area contributed by atoms with Crippen LogP contribution in [0, 0.1) is 0 Å². The van der Waals surface area contributed by atoms with E-state index in [2.05, 4.69) is 0 Å². The van der Waals surface area contributed by atoms with Gasteiger partial charge in [-0.3, -0.25) is 4.90 Å². The van der Waals surface area contributed by atoms with Gasteiger partial charge < -0.3 is 5.11 Å². The summed E-state index contributed by atoms with van der Waals surface area (Å²) >= 11 is 0. The zero-order valence-corrected chi connectivity index (χ0v) is 8.97. The molecule has 13 heavy (non-hydrogen) atoms. The molecule has 1 atom stereocenters. The minimum absolute atomic E-state index is 0.0842. The monoisotopic (exact) mass is 189 g/mol. The van der Waals surface area contributed by atoms with Gasteiger partial charge in [0.05, 0.1) is 12.9 Å². The highest BCUT2D eigenvalue weighted by molar-refractivity contribution is 5.14. The van der Waals surface area contributed by atoms with Crippen LogP contribution in [0.25, 0.3) is 0 Å². The molecule has 78 valence electrons. The van der Waals surface area contributed by atoms with Crippen molar-refractivity contribution in [1.82, 2.24) is 4.90 Å². The number of hydrogen-bond acceptors (Lipinski definition) is 2. The first-order valence-electron chi connectivity index (χ1n) is 4.72. The molecule has 1 fully saturated rings. The Morgan fingerprint density at radius 2 is 2.15 bits per heavy atom. The molecule has 1 aliphatic heterocycles. The van der Waals surface area contributed by atoms with E-state index in [1.807, 2.05) is 32.7 Å². The zero-order chi connectivity index (χ0) is 10.5. The first kappa shape index (κ1) is 12.6. The zero-order valence-electron chi connectivity index (χ0n) is 8.97. The van der Waals surface area contributed by atoms with Gasteiger partial charge >= 0.3 is 0 Å². The smallest absolute Gasteiger partial charge is 0.0872 e. The van der Waals surface area contributed by atoms with Crippen LogP contribution in [0.4, 0.5) is 4.39 Å². The summed E-state index contributed by atoms with van der Waals surface area (Å²) in [7, 11) is 1.90. The topological polar surface area (TPSA) is 23.5 Å². The first-order valence-corrected chi connectivity index (χ1v) is 4.72. The summed E-state index contributed by atoms with van der Waals surface area (Å²) in [5.41, 5.74) is 0.516. The first-order chi connectivity index (χ1) is 6.12. The molecule has 1 aliphatic rings. The summed E-state index contributed by atoms with van der Waals surface area (Å²) in [5, 5.41) is 9.02. The minimum Gasteiger partial charge on any atom is -0.394 e. The van der Waals surface area contributed by atoms with Crippen molar-refractivity contribution in [2.45, 2.75) is 32.7 Å². The van der Waals surface area contributed by atoms with Gasteiger partial charge in [0.15, 0.2) is 0 Å². The SMILES string of the molecule is CC.CN1C/C(=C\F)C[C@@]1(C)CO. The Morgan fingerprint density at radius 1 is 1.62 bits per heavy atom. The van der Waals surface area contributed by atoms with E-state index < -0.39 is 0 Å². The summed E-state index contributed by atoms with van der Waals surface area (Å²) in [4.78, 5) is 1.97. The van der Waals surface area contributed by atoms with Crippen LogP contribution < -0.4 is 0 Å². The van der Waals surface area contributed by atoms with Crippen LogP contribution in [0.15, 0.2) is 11.9 Å². The quantitative estimate of drug-likeness (QED) is 0.681. The second kappa shape index (κ2) is 5.35. The van der Waals surface area contributed by atoms with Gasteiger partial charge in [0.2, 0.25) is 0 Å². The van der Waals surface area contributed by atoms with Crippen molar-refractivity contribution in [3.63, 3.8) is 0 Å². The van der Waals surface area contributed by atoms with E-state index in [9.17, 15) is 4.39 Å². The fourth-order valence-electron chi connectivity index (χ4n) is 1.43. The molecule has 0 aromatic heterocycles. The van der Waals surface area contributed by atoms with Crippen molar-refractivity contribution in [1.29, 1.82) is 0 Å². The molecule has 0 unspecified atom stereocenters. The van der Waals surface area contributed by atoms with Crippen molar-refractivity contribution >= 4 is 0 Å². The van der Waals surface area contributed by atoms with Gasteiger partial charge in [0.25, 0.3) is 0 Å². The predicted molar refractivity (Wildman–Crippen MR) is 53.3 cm³/mol. The molecule has 1 rings (SSSR count). The maximum absolute atomic E-state index is 12.1. The Balaban J connectivity index is 0.000000671. The number of likely N-dealkylation sites (tertiary alicyclic amines) is 1. The molecule has 0 saturated carbocycles. The van der Waals surface area contributed by atoms with Gasteiger partial charge in [0.1, 0.15) is 0 Å². The molecule has 0 spiro atoms. The minimum atomic E-state index is -0.252. The van der Waals surface area contributed by atoms with Crippen molar-refractivity contribution in [2.75, 3.05) is 20.2 Å². The van der Waals surface area contributed by atoms with Gasteiger partial charge in [0, 0.05) is 12.1 Å². The van der Waals surface area contributed by atoms with E-state index in [0.29, 0.717) is 19.3 Å². The maximum Gasteiger partial charge on any atom is 0.0872 e. The van der Waals surface area contributed by atoms with Gasteiger partial charge in [-0.05, 0) is 26.0 Å². The summed E-state index contributed by atoms with van der Waals surface area (Å²) in [5.74, 6) is 0. The Labute approximate surface area is 80.1 Å². The number of aliphatic hydroxyl groups is 1. The third kappa shape index (κ3) is 2.78. The molecular weight excluding hydrogens is 169 g/mol. The molecule has 0 amide bonds. The van der Waals surface area contributed by atoms with Gasteiger partial charge in [-0.15, -0.1) is 0 Å². The van der Waals surface area contributed by atoms with Crippen LogP contribution in [-0.4, -0.2) is 35.7 Å². The van der Waals surface area contributed by atoms with Gasteiger partial charge in [-0.2, -0.15) is 0 Å². The van der Waals surface area contributed by atoms with E-state index >= 15 is 0 Å². The number of likely N-dealkylation sites (N-methyl/N-ethyl adjacent to an activating group) is 1. The van der Waals surface area contributed by atoms with E-state index in [-0.39, 0.29) is 12.1 Å². The lowest BCUT2D eigenvalue weighted by molar-refractivity contribution is 0.100. The number of hydrogen-bond donors (Lipinski definition) is 1. The molecule has 3 heteroatoms. The lowest BCUT2D eigenvalue weighted by Crippen LogP contribution is -2.41. The second-order valence-electron chi connectivity index (χ2n) is 3.46. The average molecular weight is 189 g/mol. The fourth-order valence-corrected chi connectivity index (χ4v) is 1.43. The highest BCUT2D eigenvalue weighted by Crippen LogP contribution is 2.30. The molecular formula is C10H20FNO. The van der Waals surface area contributed by atoms with Gasteiger partial charge in [-0.25, -0.2) is 4.39 Å². The Morgan fingerprint density at radius 3 is 2.38 bits per heavy atom. The van der Waals surface area contributed by atoms with Crippen LogP contribution >= 0.6 is 0 Å². The highest BCUT2D eigenvalue weighted by atomic mass is 19.1. The van der Waals surface area contributed by atoms with Crippen LogP contribution in [0.2, 0.25) is 0 Å². The van der Waals surface area contributed by atoms with E-state index in [0.717, 1.165) is 5.57 Å². The molecule has 1 heterocycles. The second-order valence-corrected chi connectivity index (χ2v) is 3.46. The molecule has 0 aromatic carbocycles. The summed E-state index contributed by atoms with van der Waals surface area (Å²) in [6.45, 7) is 6.65. The molecule has 0 aliphatic carbocycles. The van der Waals surface area contributed by atoms with Crippen LogP contribution in [0.5, 0.6) is 0 Å². The Hall–Kier alpha value is -0.410. The lowest BCUT2D eigenvalue weighted by atomic mass is 9.99. The lowest BCUT2D eigenvalue weighted by Gasteiger charge is -2.28. The molecule has 2 nitrogen and oxygen atoms in total. The number of rotatable bonds is 1. The molecule has 1 N–H and O–H groups in total. The third-order valence-electron chi connectivity index (χ3n) is 2.46. The van der Waals surface area contributed by atoms with E-state index in [1.54, 1.807) is 0 Å². The maximum atomic E-state index is 12.1. The Kier molecular flexibility index (Phi) is 5.18. The van der Waals surface area contributed by atoms with Crippen LogP contribution in [0.1, 0.15) is 27.2 Å². The largest absolute Gasteiger partial charge is 0.394 e. The van der Waals surface area contributed by atoms with Crippen molar-refractivity contribution in [2.24, 2.45) is 0 Å². The number of aliphatic hydroxyl groups excluding tert-OH is 1. The normalized spacial score (nSPS) is 31.7. The van der Waals surface area contributed by atoms with Crippen molar-refractivity contribution in [3.05, 3.63) is 11.9 Å². The molecule has 0 aromatic rings. The molecule has 0 bridgehead atoms. The standard InChI is InChI=1S/C8H14FNO.C2H6/c1-8(6-11)3-7(4-9)5-10(8)2;1-2/h4,11H,3,5-6H2,1-2H3;1-2H3/b7-4-;/t8-;/m0./s1. The number of halogens is 1. The molecule has 0 radical (unpaired) electrons. The fraction of sp³-hybridized carbons (Fsp3) is 0.800. The third-order valence-corrected chi connectivity index (χ3v) is 2.46. The Bertz CT molecular complexity index is 182. The van der Waals surface area contributed by atoms with Gasteiger partial charge in [-0.1, -0.05) is 13.8 Å². The summed E-state index contributed by atoms with van der Waals surface area (Å²) < 4.78 is 12.1. The number of nitrogens with zero attached hydrogens (tertiary/aromatic N) is 1. The van der Waals surface area contributed by atoms with E-state index in [4.69, 9.17) is 5.11 Å². The van der Waals surface area contributed by atoms with Crippen LogP contribution in [-0.2, 0) is 0 Å². The average Bonchev–Trinajstić information content (AvgIpc) is 2.47. The summed E-state index contributed by atoms with van der Waals surface area (Å²) in [6, 6.07) is 0. The highest BCUT2D eigenvalue weighted by Gasteiger charge is 2.35.